The van der Waals surface area contributed by atoms with E-state index in [1.54, 1.807) is 12.1 Å². The number of carbonyl (C=O) groups is 1. The first-order valence-corrected chi connectivity index (χ1v) is 9.95. The van der Waals surface area contributed by atoms with Crippen molar-refractivity contribution in [1.29, 1.82) is 0 Å². The van der Waals surface area contributed by atoms with Gasteiger partial charge in [-0.05, 0) is 30.7 Å². The second-order valence-corrected chi connectivity index (χ2v) is 7.67. The highest BCUT2D eigenvalue weighted by Gasteiger charge is 2.18. The van der Waals surface area contributed by atoms with Crippen LogP contribution in [0.1, 0.15) is 12.0 Å². The minimum atomic E-state index is -0.490. The lowest BCUT2D eigenvalue weighted by atomic mass is 10.1. The van der Waals surface area contributed by atoms with E-state index < -0.39 is 5.91 Å². The summed E-state index contributed by atoms with van der Waals surface area (Å²) in [4.78, 5) is 30.2. The van der Waals surface area contributed by atoms with Gasteiger partial charge in [-0.15, -0.1) is 11.3 Å². The SMILES string of the molecule is Cc1cccc(-c2nc3scc(-c4ccc(F)cc4)c3c(=O)n2CCC(N)=O)c1. The number of carbonyl (C=O) groups excluding carboxylic acids is 1. The van der Waals surface area contributed by atoms with Gasteiger partial charge in [0.05, 0.1) is 5.39 Å². The van der Waals surface area contributed by atoms with Gasteiger partial charge in [-0.1, -0.05) is 35.9 Å². The molecule has 4 aromatic rings. The van der Waals surface area contributed by atoms with E-state index in [9.17, 15) is 14.0 Å². The standard InChI is InChI=1S/C22H18FN3O2S/c1-13-3-2-4-15(11-13)20-25-21-19(22(28)26(20)10-9-18(24)27)17(12-29-21)14-5-7-16(23)8-6-14/h2-8,11-12H,9-10H2,1H3,(H2,24,27). The number of thiophene rings is 1. The lowest BCUT2D eigenvalue weighted by molar-refractivity contribution is -0.118. The molecule has 7 heteroatoms. The zero-order valence-electron chi connectivity index (χ0n) is 15.7. The fourth-order valence-corrected chi connectivity index (χ4v) is 4.24. The Morgan fingerprint density at radius 3 is 2.62 bits per heavy atom. The fourth-order valence-electron chi connectivity index (χ4n) is 3.30. The highest BCUT2D eigenvalue weighted by Crippen LogP contribution is 2.32. The van der Waals surface area contributed by atoms with Crippen LogP contribution >= 0.6 is 11.3 Å². The van der Waals surface area contributed by atoms with Crippen LogP contribution in [0.2, 0.25) is 0 Å². The number of halogens is 1. The quantitative estimate of drug-likeness (QED) is 0.541. The molecule has 29 heavy (non-hydrogen) atoms. The Morgan fingerprint density at radius 1 is 1.17 bits per heavy atom. The summed E-state index contributed by atoms with van der Waals surface area (Å²) in [6, 6.07) is 13.7. The van der Waals surface area contributed by atoms with Gasteiger partial charge in [0.25, 0.3) is 5.56 Å². The predicted molar refractivity (Wildman–Crippen MR) is 113 cm³/mol. The topological polar surface area (TPSA) is 78.0 Å². The molecule has 0 saturated heterocycles. The van der Waals surface area contributed by atoms with Crippen molar-refractivity contribution in [2.24, 2.45) is 5.73 Å². The number of primary amides is 1. The third-order valence-corrected chi connectivity index (χ3v) is 5.58. The highest BCUT2D eigenvalue weighted by molar-refractivity contribution is 7.17. The smallest absolute Gasteiger partial charge is 0.263 e. The van der Waals surface area contributed by atoms with E-state index in [0.717, 1.165) is 16.7 Å². The Balaban J connectivity index is 1.97. The van der Waals surface area contributed by atoms with E-state index in [-0.39, 0.29) is 24.3 Å². The monoisotopic (exact) mass is 407 g/mol. The maximum Gasteiger partial charge on any atom is 0.263 e. The van der Waals surface area contributed by atoms with Gasteiger partial charge in [0.1, 0.15) is 16.5 Å². The summed E-state index contributed by atoms with van der Waals surface area (Å²) >= 11 is 1.36. The molecule has 0 bridgehead atoms. The van der Waals surface area contributed by atoms with Crippen LogP contribution < -0.4 is 11.3 Å². The number of hydrogen-bond donors (Lipinski definition) is 1. The molecule has 0 saturated carbocycles. The van der Waals surface area contributed by atoms with Crippen LogP contribution in [0.4, 0.5) is 4.39 Å². The zero-order valence-corrected chi connectivity index (χ0v) is 16.5. The second-order valence-electron chi connectivity index (χ2n) is 6.81. The first-order valence-electron chi connectivity index (χ1n) is 9.07. The molecule has 1 amide bonds. The van der Waals surface area contributed by atoms with Gasteiger partial charge < -0.3 is 5.73 Å². The summed E-state index contributed by atoms with van der Waals surface area (Å²) in [5.41, 5.74) is 8.35. The Morgan fingerprint density at radius 2 is 1.93 bits per heavy atom. The van der Waals surface area contributed by atoms with Crippen molar-refractivity contribution in [1.82, 2.24) is 9.55 Å². The number of aromatic nitrogens is 2. The molecule has 2 heterocycles. The van der Waals surface area contributed by atoms with Crippen LogP contribution in [0.25, 0.3) is 32.7 Å². The van der Waals surface area contributed by atoms with Crippen molar-refractivity contribution in [2.45, 2.75) is 19.9 Å². The molecule has 5 nitrogen and oxygen atoms in total. The van der Waals surface area contributed by atoms with Gasteiger partial charge in [-0.3, -0.25) is 14.2 Å². The average Bonchev–Trinajstić information content (AvgIpc) is 3.12. The number of benzene rings is 2. The summed E-state index contributed by atoms with van der Waals surface area (Å²) in [5.74, 6) is -0.330. The van der Waals surface area contributed by atoms with E-state index in [2.05, 4.69) is 0 Å². The third-order valence-electron chi connectivity index (χ3n) is 4.71. The van der Waals surface area contributed by atoms with Crippen molar-refractivity contribution >= 4 is 27.5 Å². The normalized spacial score (nSPS) is 11.1. The van der Waals surface area contributed by atoms with Crippen LogP contribution in [0.5, 0.6) is 0 Å². The van der Waals surface area contributed by atoms with E-state index in [1.807, 2.05) is 36.6 Å². The third kappa shape index (κ3) is 3.69. The number of rotatable bonds is 5. The minimum absolute atomic E-state index is 0.0297. The second kappa shape index (κ2) is 7.60. The lowest BCUT2D eigenvalue weighted by Crippen LogP contribution is -2.26. The molecule has 0 aliphatic heterocycles. The van der Waals surface area contributed by atoms with Crippen molar-refractivity contribution in [3.8, 4) is 22.5 Å². The molecule has 2 N–H and O–H groups in total. The number of nitrogens with two attached hydrogens (primary N) is 1. The van der Waals surface area contributed by atoms with E-state index >= 15 is 0 Å². The molecule has 0 atom stereocenters. The van der Waals surface area contributed by atoms with Gasteiger partial charge in [0, 0.05) is 29.5 Å². The molecular formula is C22H18FN3O2S. The average molecular weight is 407 g/mol. The Kier molecular flexibility index (Phi) is 4.98. The van der Waals surface area contributed by atoms with Crippen molar-refractivity contribution < 1.29 is 9.18 Å². The number of aryl methyl sites for hydroxylation is 1. The van der Waals surface area contributed by atoms with Crippen LogP contribution in [0.15, 0.2) is 58.7 Å². The lowest BCUT2D eigenvalue weighted by Gasteiger charge is -2.13. The molecule has 0 aliphatic carbocycles. The first kappa shape index (κ1) is 19.0. The van der Waals surface area contributed by atoms with Gasteiger partial charge in [0.15, 0.2) is 0 Å². The maximum atomic E-state index is 13.4. The van der Waals surface area contributed by atoms with Gasteiger partial charge in [0.2, 0.25) is 5.91 Å². The molecule has 4 rings (SSSR count). The number of fused-ring (bicyclic) bond motifs is 1. The fraction of sp³-hybridized carbons (Fsp3) is 0.136. The van der Waals surface area contributed by atoms with Crippen LogP contribution in [0.3, 0.4) is 0 Å². The van der Waals surface area contributed by atoms with Gasteiger partial charge in [-0.2, -0.15) is 0 Å². The van der Waals surface area contributed by atoms with Gasteiger partial charge >= 0.3 is 0 Å². The van der Waals surface area contributed by atoms with Gasteiger partial charge in [-0.25, -0.2) is 9.37 Å². The number of amides is 1. The maximum absolute atomic E-state index is 13.4. The molecule has 2 aromatic heterocycles. The number of nitrogens with zero attached hydrogens (tertiary/aromatic N) is 2. The summed E-state index contributed by atoms with van der Waals surface area (Å²) in [6.07, 6.45) is 0.0297. The Bertz CT molecular complexity index is 1280. The molecule has 2 aromatic carbocycles. The molecule has 0 fully saturated rings. The first-order chi connectivity index (χ1) is 13.9. The molecule has 0 unspecified atom stereocenters. The van der Waals surface area contributed by atoms with Crippen molar-refractivity contribution in [3.05, 3.63) is 75.6 Å². The number of hydrogen-bond acceptors (Lipinski definition) is 4. The molecule has 0 aliphatic rings. The molecule has 0 spiro atoms. The highest BCUT2D eigenvalue weighted by atomic mass is 32.1. The minimum Gasteiger partial charge on any atom is -0.370 e. The van der Waals surface area contributed by atoms with E-state index in [1.165, 1.54) is 28.0 Å². The predicted octanol–water partition coefficient (Wildman–Crippen LogP) is 4.11. The van der Waals surface area contributed by atoms with Crippen molar-refractivity contribution in [2.75, 3.05) is 0 Å². The molecule has 146 valence electrons. The summed E-state index contributed by atoms with van der Waals surface area (Å²) < 4.78 is 14.8. The van der Waals surface area contributed by atoms with E-state index in [0.29, 0.717) is 21.6 Å². The largest absolute Gasteiger partial charge is 0.370 e. The summed E-state index contributed by atoms with van der Waals surface area (Å²) in [5, 5.41) is 2.31. The summed E-state index contributed by atoms with van der Waals surface area (Å²) in [6.45, 7) is 2.10. The molecule has 0 radical (unpaired) electrons. The Hall–Kier alpha value is -3.32. The summed E-state index contributed by atoms with van der Waals surface area (Å²) in [7, 11) is 0. The van der Waals surface area contributed by atoms with E-state index in [4.69, 9.17) is 10.7 Å². The van der Waals surface area contributed by atoms with Crippen LogP contribution in [0, 0.1) is 12.7 Å². The van der Waals surface area contributed by atoms with Crippen LogP contribution in [-0.4, -0.2) is 15.5 Å². The van der Waals surface area contributed by atoms with Crippen molar-refractivity contribution in [3.63, 3.8) is 0 Å². The zero-order chi connectivity index (χ0) is 20.5. The Labute approximate surface area is 170 Å². The molecular weight excluding hydrogens is 389 g/mol. The van der Waals surface area contributed by atoms with Crippen LogP contribution in [-0.2, 0) is 11.3 Å².